The molecule has 0 bridgehead atoms. The van der Waals surface area contributed by atoms with Crippen LogP contribution in [0.1, 0.15) is 46.8 Å². The van der Waals surface area contributed by atoms with Crippen molar-refractivity contribution in [1.82, 2.24) is 9.88 Å². The molecule has 2 heterocycles. The minimum absolute atomic E-state index is 0.0180. The van der Waals surface area contributed by atoms with Crippen LogP contribution in [-0.2, 0) is 5.41 Å². The quantitative estimate of drug-likeness (QED) is 0.375. The molecule has 2 aliphatic rings. The van der Waals surface area contributed by atoms with Gasteiger partial charge in [0.2, 0.25) is 0 Å². The minimum Gasteiger partial charge on any atom is -0.497 e. The molecule has 5 heteroatoms. The molecule has 3 aromatic carbocycles. The predicted molar refractivity (Wildman–Crippen MR) is 136 cm³/mol. The minimum atomic E-state index is -0.227. The van der Waals surface area contributed by atoms with Gasteiger partial charge in [0.15, 0.2) is 0 Å². The fourth-order valence-corrected chi connectivity index (χ4v) is 5.74. The molecule has 4 aromatic rings. The van der Waals surface area contributed by atoms with Gasteiger partial charge in [-0.3, -0.25) is 0 Å². The zero-order valence-electron chi connectivity index (χ0n) is 19.8. The molecule has 2 N–H and O–H groups in total. The van der Waals surface area contributed by atoms with Gasteiger partial charge in [0.05, 0.1) is 13.2 Å². The van der Waals surface area contributed by atoms with Crippen LogP contribution in [0.5, 0.6) is 5.75 Å². The molecule has 1 saturated carbocycles. The van der Waals surface area contributed by atoms with Gasteiger partial charge in [-0.25, -0.2) is 4.79 Å². The third-order valence-corrected chi connectivity index (χ3v) is 7.32. The molecule has 34 heavy (non-hydrogen) atoms. The molecule has 1 atom stereocenters. The van der Waals surface area contributed by atoms with E-state index in [0.29, 0.717) is 6.54 Å². The number of urea groups is 1. The molecule has 6 rings (SSSR count). The third kappa shape index (κ3) is 3.35. The van der Waals surface area contributed by atoms with Gasteiger partial charge in [0.25, 0.3) is 0 Å². The van der Waals surface area contributed by atoms with E-state index in [-0.39, 0.29) is 17.5 Å². The summed E-state index contributed by atoms with van der Waals surface area (Å²) < 4.78 is 5.53. The van der Waals surface area contributed by atoms with Gasteiger partial charge in [-0.2, -0.15) is 0 Å². The van der Waals surface area contributed by atoms with Crippen LogP contribution >= 0.6 is 0 Å². The summed E-state index contributed by atoms with van der Waals surface area (Å²) in [7, 11) is 1.68. The Labute approximate surface area is 199 Å². The number of aromatic amines is 1. The summed E-state index contributed by atoms with van der Waals surface area (Å²) in [5.74, 6) is 0.788. The Bertz CT molecular complexity index is 1400. The van der Waals surface area contributed by atoms with Crippen molar-refractivity contribution < 1.29 is 9.53 Å². The molecule has 1 aliphatic carbocycles. The Morgan fingerprint density at radius 1 is 1.03 bits per heavy atom. The molecule has 2 amide bonds. The van der Waals surface area contributed by atoms with E-state index in [0.717, 1.165) is 52.2 Å². The average molecular weight is 452 g/mol. The van der Waals surface area contributed by atoms with E-state index in [9.17, 15) is 4.79 Å². The molecule has 1 unspecified atom stereocenters. The number of benzene rings is 3. The summed E-state index contributed by atoms with van der Waals surface area (Å²) in [6.07, 6.45) is 2.19. The van der Waals surface area contributed by atoms with Gasteiger partial charge in [-0.05, 0) is 79.3 Å². The largest absolute Gasteiger partial charge is 0.497 e. The number of rotatable bonds is 3. The standard InChI is InChI=1S/C29H29N3O2/c1-18-13-19(2)15-21(14-18)30-28(33)32-17-29(11-12-29)25-23-9-4-5-10-24(23)31-26(25)27(32)20-7-6-8-22(16-20)34-3/h4-10,13-16,27,31H,11-12,17H2,1-3H3,(H,30,33). The number of aromatic nitrogens is 1. The normalized spacial score (nSPS) is 18.1. The number of ether oxygens (including phenoxy) is 1. The summed E-state index contributed by atoms with van der Waals surface area (Å²) in [5, 5.41) is 4.47. The number of fused-ring (bicyclic) bond motifs is 4. The number of anilines is 1. The maximum atomic E-state index is 13.8. The van der Waals surface area contributed by atoms with E-state index in [1.54, 1.807) is 7.11 Å². The topological polar surface area (TPSA) is 57.4 Å². The van der Waals surface area contributed by atoms with E-state index >= 15 is 0 Å². The van der Waals surface area contributed by atoms with Crippen LogP contribution in [-0.4, -0.2) is 29.6 Å². The molecule has 0 radical (unpaired) electrons. The molecule has 1 fully saturated rings. The highest BCUT2D eigenvalue weighted by atomic mass is 16.5. The van der Waals surface area contributed by atoms with Crippen molar-refractivity contribution in [2.24, 2.45) is 0 Å². The number of methoxy groups -OCH3 is 1. The van der Waals surface area contributed by atoms with Crippen molar-refractivity contribution in [3.05, 3.63) is 94.7 Å². The van der Waals surface area contributed by atoms with Gasteiger partial charge in [-0.1, -0.05) is 36.4 Å². The highest BCUT2D eigenvalue weighted by molar-refractivity contribution is 5.92. The lowest BCUT2D eigenvalue weighted by molar-refractivity contribution is 0.181. The summed E-state index contributed by atoms with van der Waals surface area (Å²) in [5.41, 5.74) is 7.79. The average Bonchev–Trinajstić information content (AvgIpc) is 3.46. The molecule has 0 saturated heterocycles. The first-order valence-corrected chi connectivity index (χ1v) is 11.9. The number of nitrogens with one attached hydrogen (secondary N) is 2. The van der Waals surface area contributed by atoms with Crippen LogP contribution in [0.3, 0.4) is 0 Å². The number of carbonyl (C=O) groups excluding carboxylic acids is 1. The third-order valence-electron chi connectivity index (χ3n) is 7.32. The van der Waals surface area contributed by atoms with Crippen molar-refractivity contribution in [2.75, 3.05) is 19.0 Å². The Morgan fingerprint density at radius 3 is 2.53 bits per heavy atom. The molecule has 172 valence electrons. The first-order chi connectivity index (χ1) is 16.5. The monoisotopic (exact) mass is 451 g/mol. The Morgan fingerprint density at radius 2 is 1.79 bits per heavy atom. The van der Waals surface area contributed by atoms with Crippen LogP contribution < -0.4 is 10.1 Å². The lowest BCUT2D eigenvalue weighted by Crippen LogP contribution is -2.47. The number of H-pyrrole nitrogens is 1. The van der Waals surface area contributed by atoms with Gasteiger partial charge in [-0.15, -0.1) is 0 Å². The lowest BCUT2D eigenvalue weighted by Gasteiger charge is -2.40. The van der Waals surface area contributed by atoms with Gasteiger partial charge in [0.1, 0.15) is 5.75 Å². The van der Waals surface area contributed by atoms with Crippen molar-refractivity contribution in [2.45, 2.75) is 38.1 Å². The van der Waals surface area contributed by atoms with E-state index in [1.807, 2.05) is 35.2 Å². The summed E-state index contributed by atoms with van der Waals surface area (Å²) >= 11 is 0. The van der Waals surface area contributed by atoms with E-state index < -0.39 is 0 Å². The van der Waals surface area contributed by atoms with Crippen LogP contribution in [0.2, 0.25) is 0 Å². The van der Waals surface area contributed by atoms with Crippen LogP contribution in [0.4, 0.5) is 10.5 Å². The predicted octanol–water partition coefficient (Wildman–Crippen LogP) is 6.46. The molecule has 1 spiro atoms. The second kappa shape index (κ2) is 7.66. The highest BCUT2D eigenvalue weighted by Gasteiger charge is 2.54. The van der Waals surface area contributed by atoms with Crippen molar-refractivity contribution in [3.63, 3.8) is 0 Å². The maximum absolute atomic E-state index is 13.8. The second-order valence-corrected chi connectivity index (χ2v) is 9.85. The first-order valence-electron chi connectivity index (χ1n) is 11.9. The fourth-order valence-electron chi connectivity index (χ4n) is 5.74. The van der Waals surface area contributed by atoms with Crippen molar-refractivity contribution in [1.29, 1.82) is 0 Å². The Balaban J connectivity index is 1.49. The molecular weight excluding hydrogens is 422 g/mol. The highest BCUT2D eigenvalue weighted by Crippen LogP contribution is 2.58. The smallest absolute Gasteiger partial charge is 0.322 e. The zero-order chi connectivity index (χ0) is 23.4. The number of aryl methyl sites for hydroxylation is 2. The number of hydrogen-bond donors (Lipinski definition) is 2. The molecule has 1 aliphatic heterocycles. The Kier molecular flexibility index (Phi) is 4.70. The number of hydrogen-bond acceptors (Lipinski definition) is 2. The van der Waals surface area contributed by atoms with E-state index in [2.05, 4.69) is 60.5 Å². The van der Waals surface area contributed by atoms with Gasteiger partial charge >= 0.3 is 6.03 Å². The van der Waals surface area contributed by atoms with Gasteiger partial charge in [0, 0.05) is 34.2 Å². The van der Waals surface area contributed by atoms with Crippen LogP contribution in [0.25, 0.3) is 10.9 Å². The van der Waals surface area contributed by atoms with Gasteiger partial charge < -0.3 is 19.9 Å². The number of carbonyl (C=O) groups is 1. The maximum Gasteiger partial charge on any atom is 0.322 e. The lowest BCUT2D eigenvalue weighted by atomic mass is 9.83. The second-order valence-electron chi connectivity index (χ2n) is 9.85. The summed E-state index contributed by atoms with van der Waals surface area (Å²) in [6, 6.07) is 22.4. The van der Waals surface area contributed by atoms with E-state index in [4.69, 9.17) is 4.74 Å². The zero-order valence-corrected chi connectivity index (χ0v) is 19.8. The fraction of sp³-hybridized carbons (Fsp3) is 0.276. The molecular formula is C29H29N3O2. The summed E-state index contributed by atoms with van der Waals surface area (Å²) in [4.78, 5) is 19.6. The van der Waals surface area contributed by atoms with Crippen molar-refractivity contribution >= 4 is 22.6 Å². The van der Waals surface area contributed by atoms with Crippen LogP contribution in [0.15, 0.2) is 66.7 Å². The SMILES string of the molecule is COc1cccc(C2c3[nH]c4ccccc4c3C3(CC3)CN2C(=O)Nc2cc(C)cc(C)c2)c1. The summed E-state index contributed by atoms with van der Waals surface area (Å²) in [6.45, 7) is 4.80. The molecule has 5 nitrogen and oxygen atoms in total. The Hall–Kier alpha value is -3.73. The number of amides is 2. The number of nitrogens with zero attached hydrogens (tertiary/aromatic N) is 1. The van der Waals surface area contributed by atoms with Crippen molar-refractivity contribution in [3.8, 4) is 5.75 Å². The first kappa shape index (κ1) is 20.8. The number of para-hydroxylation sites is 1. The van der Waals surface area contributed by atoms with Crippen LogP contribution in [0, 0.1) is 13.8 Å². The van der Waals surface area contributed by atoms with E-state index in [1.165, 1.54) is 10.9 Å². The molecule has 1 aromatic heterocycles.